The van der Waals surface area contributed by atoms with Crippen LogP contribution in [-0.4, -0.2) is 37.4 Å². The van der Waals surface area contributed by atoms with Gasteiger partial charge in [-0.25, -0.2) is 13.2 Å². The minimum absolute atomic E-state index is 0.192. The van der Waals surface area contributed by atoms with Crippen LogP contribution in [0.4, 0.5) is 16.2 Å². The average molecular weight is 521 g/mol. The Kier molecular flexibility index (Phi) is 6.34. The van der Waals surface area contributed by atoms with Gasteiger partial charge < -0.3 is 4.74 Å². The van der Waals surface area contributed by atoms with Gasteiger partial charge in [0.05, 0.1) is 17.5 Å². The standard InChI is InChI=1S/C26H21ClN4O4S/c1-36(33,34)23-13-11-20(12-14-23)30-17-24(31(26(30)32)21-9-7-19(27)8-10-21)18-4-2-5-22(16-18)35-25-6-3-15-28-29-25/h2-16,24H,17H2,1H3/t24-/m1/s1. The molecular weight excluding hydrogens is 500 g/mol. The number of anilines is 2. The fraction of sp³-hybridized carbons (Fsp3) is 0.115. The molecule has 4 aromatic rings. The molecule has 2 heterocycles. The van der Waals surface area contributed by atoms with E-state index in [1.54, 1.807) is 64.5 Å². The van der Waals surface area contributed by atoms with Gasteiger partial charge in [-0.05, 0) is 72.3 Å². The van der Waals surface area contributed by atoms with Crippen molar-refractivity contribution < 1.29 is 17.9 Å². The van der Waals surface area contributed by atoms with Crippen molar-refractivity contribution >= 4 is 38.8 Å². The number of aromatic nitrogens is 2. The lowest BCUT2D eigenvalue weighted by Gasteiger charge is -2.24. The lowest BCUT2D eigenvalue weighted by molar-refractivity contribution is 0.255. The fourth-order valence-corrected chi connectivity index (χ4v) is 4.84. The maximum atomic E-state index is 13.7. The summed E-state index contributed by atoms with van der Waals surface area (Å²) in [4.78, 5) is 17.2. The SMILES string of the molecule is CS(=O)(=O)c1ccc(N2C[C@H](c3cccc(Oc4cccnn4)c3)N(c3ccc(Cl)cc3)C2=O)cc1. The van der Waals surface area contributed by atoms with Crippen molar-refractivity contribution in [2.75, 3.05) is 22.6 Å². The zero-order chi connectivity index (χ0) is 25.3. The second kappa shape index (κ2) is 9.60. The highest BCUT2D eigenvalue weighted by molar-refractivity contribution is 7.90. The molecule has 0 N–H and O–H groups in total. The number of carbonyl (C=O) groups excluding carboxylic acids is 1. The maximum absolute atomic E-state index is 13.7. The van der Waals surface area contributed by atoms with Crippen molar-refractivity contribution in [3.8, 4) is 11.6 Å². The molecule has 1 saturated heterocycles. The van der Waals surface area contributed by atoms with Gasteiger partial charge >= 0.3 is 6.03 Å². The van der Waals surface area contributed by atoms with Crippen molar-refractivity contribution in [2.45, 2.75) is 10.9 Å². The Hall–Kier alpha value is -3.95. The van der Waals surface area contributed by atoms with E-state index in [4.69, 9.17) is 16.3 Å². The molecule has 10 heteroatoms. The maximum Gasteiger partial charge on any atom is 0.329 e. The van der Waals surface area contributed by atoms with Crippen LogP contribution in [0.2, 0.25) is 5.02 Å². The summed E-state index contributed by atoms with van der Waals surface area (Å²) in [5, 5.41) is 8.36. The molecule has 2 amide bonds. The van der Waals surface area contributed by atoms with Crippen molar-refractivity contribution in [1.29, 1.82) is 0 Å². The summed E-state index contributed by atoms with van der Waals surface area (Å²) in [7, 11) is -3.35. The van der Waals surface area contributed by atoms with Gasteiger partial charge in [0, 0.05) is 34.9 Å². The summed E-state index contributed by atoms with van der Waals surface area (Å²) >= 11 is 6.09. The second-order valence-corrected chi connectivity index (χ2v) is 10.7. The topological polar surface area (TPSA) is 92.7 Å². The zero-order valence-electron chi connectivity index (χ0n) is 19.2. The summed E-state index contributed by atoms with van der Waals surface area (Å²) in [6, 6.07) is 23.7. The highest BCUT2D eigenvalue weighted by atomic mass is 35.5. The molecule has 1 aliphatic heterocycles. The Labute approximate surface area is 213 Å². The van der Waals surface area contributed by atoms with Gasteiger partial charge in [-0.15, -0.1) is 5.10 Å². The number of halogens is 1. The van der Waals surface area contributed by atoms with Gasteiger partial charge in [0.2, 0.25) is 5.88 Å². The number of benzene rings is 3. The van der Waals surface area contributed by atoms with Crippen LogP contribution in [0.15, 0.2) is 96.0 Å². The molecule has 1 aromatic heterocycles. The predicted octanol–water partition coefficient (Wildman–Crippen LogP) is 5.51. The highest BCUT2D eigenvalue weighted by Gasteiger charge is 2.40. The largest absolute Gasteiger partial charge is 0.438 e. The Bertz CT molecular complexity index is 1500. The Balaban J connectivity index is 1.51. The third-order valence-corrected chi connectivity index (χ3v) is 7.18. The van der Waals surface area contributed by atoms with Crippen molar-refractivity contribution in [2.24, 2.45) is 0 Å². The Morgan fingerprint density at radius 3 is 2.33 bits per heavy atom. The van der Waals surface area contributed by atoms with Crippen LogP contribution in [0.5, 0.6) is 11.6 Å². The van der Waals surface area contributed by atoms with Crippen LogP contribution in [0, 0.1) is 0 Å². The van der Waals surface area contributed by atoms with E-state index in [2.05, 4.69) is 10.2 Å². The third-order valence-electron chi connectivity index (χ3n) is 5.80. The molecule has 0 spiro atoms. The monoisotopic (exact) mass is 520 g/mol. The smallest absolute Gasteiger partial charge is 0.329 e. The van der Waals surface area contributed by atoms with E-state index >= 15 is 0 Å². The lowest BCUT2D eigenvalue weighted by Crippen LogP contribution is -2.32. The highest BCUT2D eigenvalue weighted by Crippen LogP contribution is 2.38. The minimum Gasteiger partial charge on any atom is -0.438 e. The molecule has 0 radical (unpaired) electrons. The van der Waals surface area contributed by atoms with Gasteiger partial charge in [-0.2, -0.15) is 5.10 Å². The molecule has 8 nitrogen and oxygen atoms in total. The number of ether oxygens (including phenoxy) is 1. The van der Waals surface area contributed by atoms with Crippen LogP contribution in [0.1, 0.15) is 11.6 Å². The van der Waals surface area contributed by atoms with Gasteiger partial charge in [0.25, 0.3) is 0 Å². The molecule has 0 unspecified atom stereocenters. The fourth-order valence-electron chi connectivity index (χ4n) is 4.08. The minimum atomic E-state index is -3.35. The van der Waals surface area contributed by atoms with Crippen molar-refractivity contribution in [3.05, 3.63) is 102 Å². The van der Waals surface area contributed by atoms with Gasteiger partial charge in [0.15, 0.2) is 9.84 Å². The summed E-state index contributed by atoms with van der Waals surface area (Å²) in [6.45, 7) is 0.342. The van der Waals surface area contributed by atoms with Gasteiger partial charge in [-0.3, -0.25) is 9.80 Å². The lowest BCUT2D eigenvalue weighted by atomic mass is 10.1. The first-order valence-electron chi connectivity index (χ1n) is 11.0. The van der Waals surface area contributed by atoms with Crippen molar-refractivity contribution in [3.63, 3.8) is 0 Å². The normalized spacial score (nSPS) is 15.8. The summed E-state index contributed by atoms with van der Waals surface area (Å²) in [5.74, 6) is 0.923. The third kappa shape index (κ3) is 4.89. The molecule has 182 valence electrons. The van der Waals surface area contributed by atoms with Gasteiger partial charge in [-0.1, -0.05) is 23.7 Å². The van der Waals surface area contributed by atoms with E-state index in [0.29, 0.717) is 34.6 Å². The number of nitrogens with zero attached hydrogens (tertiary/aromatic N) is 4. The first-order valence-corrected chi connectivity index (χ1v) is 13.3. The molecule has 0 saturated carbocycles. The number of sulfone groups is 1. The number of urea groups is 1. The summed E-state index contributed by atoms with van der Waals surface area (Å²) in [6.07, 6.45) is 2.71. The number of rotatable bonds is 6. The van der Waals surface area contributed by atoms with Crippen molar-refractivity contribution in [1.82, 2.24) is 10.2 Å². The molecule has 5 rings (SSSR count). The second-order valence-electron chi connectivity index (χ2n) is 8.26. The number of amides is 2. The van der Waals surface area contributed by atoms with E-state index in [1.807, 2.05) is 24.3 Å². The van der Waals surface area contributed by atoms with E-state index in [1.165, 1.54) is 12.1 Å². The summed E-state index contributed by atoms with van der Waals surface area (Å²) in [5.41, 5.74) is 2.14. The number of hydrogen-bond donors (Lipinski definition) is 0. The summed E-state index contributed by atoms with van der Waals surface area (Å²) < 4.78 is 29.6. The van der Waals surface area contributed by atoms with E-state index < -0.39 is 9.84 Å². The van der Waals surface area contributed by atoms with E-state index in [9.17, 15) is 13.2 Å². The molecule has 1 atom stereocenters. The first-order chi connectivity index (χ1) is 17.3. The van der Waals surface area contributed by atoms with Crippen LogP contribution in [0.3, 0.4) is 0 Å². The zero-order valence-corrected chi connectivity index (χ0v) is 20.7. The molecule has 36 heavy (non-hydrogen) atoms. The Morgan fingerprint density at radius 2 is 1.67 bits per heavy atom. The first kappa shape index (κ1) is 23.8. The molecule has 1 aliphatic rings. The number of carbonyl (C=O) groups is 1. The molecular formula is C26H21ClN4O4S. The van der Waals surface area contributed by atoms with Crippen LogP contribution in [0.25, 0.3) is 0 Å². The quantitative estimate of drug-likeness (QED) is 0.332. The van der Waals surface area contributed by atoms with Crippen LogP contribution >= 0.6 is 11.6 Å². The van der Waals surface area contributed by atoms with Crippen LogP contribution in [-0.2, 0) is 9.84 Å². The predicted molar refractivity (Wildman–Crippen MR) is 138 cm³/mol. The molecule has 1 fully saturated rings. The number of hydrogen-bond acceptors (Lipinski definition) is 6. The molecule has 3 aromatic carbocycles. The molecule has 0 aliphatic carbocycles. The van der Waals surface area contributed by atoms with Crippen LogP contribution < -0.4 is 14.5 Å². The van der Waals surface area contributed by atoms with E-state index in [0.717, 1.165) is 11.8 Å². The average Bonchev–Trinajstić information content (AvgIpc) is 3.22. The van der Waals surface area contributed by atoms with E-state index in [-0.39, 0.29) is 17.0 Å². The van der Waals surface area contributed by atoms with Gasteiger partial charge in [0.1, 0.15) is 5.75 Å². The Morgan fingerprint density at radius 1 is 0.944 bits per heavy atom. The molecule has 0 bridgehead atoms.